The monoisotopic (exact) mass is 427 g/mol. The highest BCUT2D eigenvalue weighted by Gasteiger charge is 2.06. The van der Waals surface area contributed by atoms with Crippen molar-refractivity contribution in [3.8, 4) is 5.75 Å². The first-order chi connectivity index (χ1) is 12.6. The topological polar surface area (TPSA) is 67.6 Å². The van der Waals surface area contributed by atoms with Crippen LogP contribution in [0.5, 0.6) is 5.75 Å². The minimum atomic E-state index is -0.0739. The van der Waals surface area contributed by atoms with Gasteiger partial charge < -0.3 is 20.7 Å². The molecule has 0 aliphatic carbocycles. The third kappa shape index (κ3) is 8.83. The van der Waals surface area contributed by atoms with E-state index < -0.39 is 0 Å². The van der Waals surface area contributed by atoms with Crippen LogP contribution in [0.15, 0.2) is 48.5 Å². The number of carbonyl (C=O) groups is 1. The molecule has 0 unspecified atom stereocenters. The molecule has 0 bridgehead atoms. The standard InChI is InChI=1S/C21H29N3O2.2ClH/c1-3-24(4-2)15-16-26-20-11-7-18(8-12-20)21(25)23-14-13-17-5-9-19(22)10-6-17;;/h5-12H,3-4,13-16,22H2,1-2H3,(H,23,25);2*1H. The Labute approximate surface area is 180 Å². The van der Waals surface area contributed by atoms with E-state index in [0.29, 0.717) is 18.7 Å². The van der Waals surface area contributed by atoms with Crippen molar-refractivity contribution in [3.63, 3.8) is 0 Å². The zero-order valence-corrected chi connectivity index (χ0v) is 18.2. The van der Waals surface area contributed by atoms with Crippen molar-refractivity contribution < 1.29 is 9.53 Å². The summed E-state index contributed by atoms with van der Waals surface area (Å²) < 4.78 is 5.74. The van der Waals surface area contributed by atoms with E-state index in [1.165, 1.54) is 0 Å². The van der Waals surface area contributed by atoms with Gasteiger partial charge in [-0.15, -0.1) is 24.8 Å². The summed E-state index contributed by atoms with van der Waals surface area (Å²) in [5.74, 6) is 0.714. The van der Waals surface area contributed by atoms with Crippen LogP contribution in [0.4, 0.5) is 5.69 Å². The van der Waals surface area contributed by atoms with Crippen LogP contribution in [-0.4, -0.2) is 43.6 Å². The van der Waals surface area contributed by atoms with Gasteiger partial charge in [0.05, 0.1) is 0 Å². The van der Waals surface area contributed by atoms with Gasteiger partial charge in [0, 0.05) is 24.3 Å². The molecule has 0 spiro atoms. The van der Waals surface area contributed by atoms with E-state index in [0.717, 1.165) is 43.1 Å². The summed E-state index contributed by atoms with van der Waals surface area (Å²) in [4.78, 5) is 14.5. The predicted octanol–water partition coefficient (Wildman–Crippen LogP) is 3.81. The fourth-order valence-electron chi connectivity index (χ4n) is 2.64. The number of nitrogens with zero attached hydrogens (tertiary/aromatic N) is 1. The molecule has 3 N–H and O–H groups in total. The van der Waals surface area contributed by atoms with Crippen LogP contribution < -0.4 is 15.8 Å². The molecule has 0 heterocycles. The molecule has 2 aromatic rings. The Morgan fingerprint density at radius 2 is 1.61 bits per heavy atom. The number of hydrogen-bond donors (Lipinski definition) is 2. The molecular weight excluding hydrogens is 397 g/mol. The zero-order chi connectivity index (χ0) is 18.8. The van der Waals surface area contributed by atoms with Crippen LogP contribution in [0, 0.1) is 0 Å². The molecule has 1 amide bonds. The number of anilines is 1. The Morgan fingerprint density at radius 1 is 1.00 bits per heavy atom. The molecule has 0 aliphatic rings. The lowest BCUT2D eigenvalue weighted by atomic mass is 10.1. The lowest BCUT2D eigenvalue weighted by Gasteiger charge is -2.18. The van der Waals surface area contributed by atoms with Gasteiger partial charge in [-0.25, -0.2) is 0 Å². The molecule has 2 aromatic carbocycles. The smallest absolute Gasteiger partial charge is 0.251 e. The Kier molecular flexibility index (Phi) is 13.1. The number of nitrogens with two attached hydrogens (primary N) is 1. The van der Waals surface area contributed by atoms with Gasteiger partial charge in [-0.1, -0.05) is 26.0 Å². The van der Waals surface area contributed by atoms with Gasteiger partial charge in [-0.2, -0.15) is 0 Å². The SMILES string of the molecule is CCN(CC)CCOc1ccc(C(=O)NCCc2ccc(N)cc2)cc1.Cl.Cl. The summed E-state index contributed by atoms with van der Waals surface area (Å²) in [5, 5.41) is 2.94. The van der Waals surface area contributed by atoms with E-state index >= 15 is 0 Å². The lowest BCUT2D eigenvalue weighted by Crippen LogP contribution is -2.28. The first kappa shape index (κ1) is 26.1. The van der Waals surface area contributed by atoms with Gasteiger partial charge in [0.25, 0.3) is 5.91 Å². The Morgan fingerprint density at radius 3 is 2.18 bits per heavy atom. The van der Waals surface area contributed by atoms with Crippen LogP contribution in [0.1, 0.15) is 29.8 Å². The van der Waals surface area contributed by atoms with Crippen molar-refractivity contribution in [2.24, 2.45) is 0 Å². The number of amides is 1. The van der Waals surface area contributed by atoms with Crippen LogP contribution in [0.3, 0.4) is 0 Å². The lowest BCUT2D eigenvalue weighted by molar-refractivity contribution is 0.0954. The average Bonchev–Trinajstić information content (AvgIpc) is 2.67. The maximum Gasteiger partial charge on any atom is 0.251 e. The summed E-state index contributed by atoms with van der Waals surface area (Å²) in [6.45, 7) is 8.47. The molecular formula is C21H31Cl2N3O2. The number of nitrogens with one attached hydrogen (secondary N) is 1. The molecule has 0 saturated heterocycles. The highest BCUT2D eigenvalue weighted by molar-refractivity contribution is 5.94. The first-order valence-corrected chi connectivity index (χ1v) is 9.20. The maximum atomic E-state index is 12.2. The summed E-state index contributed by atoms with van der Waals surface area (Å²) >= 11 is 0. The normalized spacial score (nSPS) is 9.96. The zero-order valence-electron chi connectivity index (χ0n) is 16.5. The van der Waals surface area contributed by atoms with Gasteiger partial charge in [0.15, 0.2) is 0 Å². The van der Waals surface area contributed by atoms with Crippen molar-refractivity contribution in [3.05, 3.63) is 59.7 Å². The summed E-state index contributed by atoms with van der Waals surface area (Å²) in [7, 11) is 0. The molecule has 0 aliphatic heterocycles. The molecule has 0 fully saturated rings. The summed E-state index contributed by atoms with van der Waals surface area (Å²) in [6.07, 6.45) is 0.776. The van der Waals surface area contributed by atoms with Crippen LogP contribution >= 0.6 is 24.8 Å². The molecule has 5 nitrogen and oxygen atoms in total. The molecule has 7 heteroatoms. The van der Waals surface area contributed by atoms with Gasteiger partial charge in [0.1, 0.15) is 12.4 Å². The number of ether oxygens (including phenoxy) is 1. The average molecular weight is 428 g/mol. The fraction of sp³-hybridized carbons (Fsp3) is 0.381. The van der Waals surface area contributed by atoms with Gasteiger partial charge >= 0.3 is 0 Å². The molecule has 0 aromatic heterocycles. The number of halogens is 2. The second kappa shape index (κ2) is 14.1. The van der Waals surface area contributed by atoms with E-state index in [-0.39, 0.29) is 30.7 Å². The van der Waals surface area contributed by atoms with E-state index in [1.807, 2.05) is 36.4 Å². The Bertz CT molecular complexity index is 675. The number of rotatable bonds is 10. The minimum Gasteiger partial charge on any atom is -0.492 e. The molecule has 28 heavy (non-hydrogen) atoms. The molecule has 0 saturated carbocycles. The minimum absolute atomic E-state index is 0. The van der Waals surface area contributed by atoms with Crippen LogP contribution in [0.2, 0.25) is 0 Å². The number of hydrogen-bond acceptors (Lipinski definition) is 4. The molecule has 0 atom stereocenters. The number of nitrogen functional groups attached to an aromatic ring is 1. The second-order valence-electron chi connectivity index (χ2n) is 6.15. The van der Waals surface area contributed by atoms with E-state index in [4.69, 9.17) is 10.5 Å². The van der Waals surface area contributed by atoms with E-state index in [2.05, 4.69) is 24.1 Å². The van der Waals surface area contributed by atoms with E-state index in [9.17, 15) is 4.79 Å². The largest absolute Gasteiger partial charge is 0.492 e. The maximum absolute atomic E-state index is 12.2. The molecule has 156 valence electrons. The van der Waals surface area contributed by atoms with Crippen molar-refractivity contribution in [1.82, 2.24) is 10.2 Å². The highest BCUT2D eigenvalue weighted by atomic mass is 35.5. The van der Waals surface area contributed by atoms with E-state index in [1.54, 1.807) is 12.1 Å². The summed E-state index contributed by atoms with van der Waals surface area (Å²) in [5.41, 5.74) is 8.20. The van der Waals surface area contributed by atoms with Crippen molar-refractivity contribution >= 4 is 36.4 Å². The van der Waals surface area contributed by atoms with Crippen LogP contribution in [0.25, 0.3) is 0 Å². The van der Waals surface area contributed by atoms with Crippen molar-refractivity contribution in [1.29, 1.82) is 0 Å². The third-order valence-corrected chi connectivity index (χ3v) is 4.37. The summed E-state index contributed by atoms with van der Waals surface area (Å²) in [6, 6.07) is 15.0. The second-order valence-corrected chi connectivity index (χ2v) is 6.15. The molecule has 2 rings (SSSR count). The van der Waals surface area contributed by atoms with Crippen molar-refractivity contribution in [2.75, 3.05) is 38.5 Å². The quantitative estimate of drug-likeness (QED) is 0.565. The number of carbonyl (C=O) groups excluding carboxylic acids is 1. The fourth-order valence-corrected chi connectivity index (χ4v) is 2.64. The van der Waals surface area contributed by atoms with Gasteiger partial charge in [-0.3, -0.25) is 4.79 Å². The number of benzene rings is 2. The van der Waals surface area contributed by atoms with Crippen molar-refractivity contribution in [2.45, 2.75) is 20.3 Å². The predicted molar refractivity (Wildman–Crippen MR) is 121 cm³/mol. The van der Waals surface area contributed by atoms with Gasteiger partial charge in [0.2, 0.25) is 0 Å². The highest BCUT2D eigenvalue weighted by Crippen LogP contribution is 2.12. The molecule has 0 radical (unpaired) electrons. The Balaban J connectivity index is 0.00000364. The third-order valence-electron chi connectivity index (χ3n) is 4.37. The van der Waals surface area contributed by atoms with Crippen LogP contribution in [-0.2, 0) is 6.42 Å². The Hall–Kier alpha value is -1.95. The van der Waals surface area contributed by atoms with Gasteiger partial charge in [-0.05, 0) is 61.5 Å². The first-order valence-electron chi connectivity index (χ1n) is 9.20. The number of likely N-dealkylation sites (N-methyl/N-ethyl adjacent to an activating group) is 1.